The molecule has 1 saturated carbocycles. The van der Waals surface area contributed by atoms with Crippen LogP contribution in [0.25, 0.3) is 0 Å². The lowest BCUT2D eigenvalue weighted by atomic mass is 10.1. The summed E-state index contributed by atoms with van der Waals surface area (Å²) in [6.45, 7) is 4.17. The van der Waals surface area contributed by atoms with Gasteiger partial charge < -0.3 is 16.0 Å². The number of benzene rings is 1. The second-order valence-electron chi connectivity index (χ2n) is 6.86. The lowest BCUT2D eigenvalue weighted by Gasteiger charge is -2.31. The van der Waals surface area contributed by atoms with Gasteiger partial charge in [0.05, 0.1) is 6.54 Å². The van der Waals surface area contributed by atoms with Gasteiger partial charge in [0.15, 0.2) is 0 Å². The number of nitrogens with zero attached hydrogens (tertiary/aromatic N) is 1. The number of aryl methyl sites for hydroxylation is 1. The van der Waals surface area contributed by atoms with E-state index in [1.54, 1.807) is 0 Å². The normalized spacial score (nSPS) is 18.9. The van der Waals surface area contributed by atoms with Crippen molar-refractivity contribution in [1.82, 2.24) is 15.5 Å². The number of rotatable bonds is 5. The summed E-state index contributed by atoms with van der Waals surface area (Å²) < 4.78 is 0. The number of hydrogen-bond donors (Lipinski definition) is 3. The van der Waals surface area contributed by atoms with Crippen LogP contribution in [0.5, 0.6) is 0 Å². The van der Waals surface area contributed by atoms with Gasteiger partial charge in [-0.2, -0.15) is 0 Å². The Morgan fingerprint density at radius 1 is 1.00 bits per heavy atom. The lowest BCUT2D eigenvalue weighted by Crippen LogP contribution is -2.48. The summed E-state index contributed by atoms with van der Waals surface area (Å²) >= 11 is 0. The van der Waals surface area contributed by atoms with E-state index in [4.69, 9.17) is 0 Å². The number of piperidine rings is 1. The van der Waals surface area contributed by atoms with Gasteiger partial charge in [-0.15, -0.1) is 0 Å². The number of nitrogens with one attached hydrogen (secondary N) is 3. The molecule has 2 aliphatic rings. The van der Waals surface area contributed by atoms with Gasteiger partial charge in [-0.25, -0.2) is 4.79 Å². The summed E-state index contributed by atoms with van der Waals surface area (Å²) in [5, 5.41) is 8.90. The maximum Gasteiger partial charge on any atom is 0.319 e. The van der Waals surface area contributed by atoms with Gasteiger partial charge in [0.2, 0.25) is 5.91 Å². The van der Waals surface area contributed by atoms with Gasteiger partial charge >= 0.3 is 6.03 Å². The Hall–Kier alpha value is -2.08. The van der Waals surface area contributed by atoms with Crippen molar-refractivity contribution in [2.24, 2.45) is 0 Å². The first-order valence-electron chi connectivity index (χ1n) is 8.74. The Balaban J connectivity index is 1.36. The predicted molar refractivity (Wildman–Crippen MR) is 94.0 cm³/mol. The average molecular weight is 330 g/mol. The molecule has 0 atom stereocenters. The zero-order valence-electron chi connectivity index (χ0n) is 14.2. The molecule has 1 saturated heterocycles. The number of carbonyl (C=O) groups excluding carboxylic acids is 2. The van der Waals surface area contributed by atoms with E-state index in [-0.39, 0.29) is 18.0 Å². The molecule has 1 aromatic rings. The van der Waals surface area contributed by atoms with E-state index in [2.05, 4.69) is 20.9 Å². The molecule has 6 nitrogen and oxygen atoms in total. The number of likely N-dealkylation sites (tertiary alicyclic amines) is 1. The first-order chi connectivity index (χ1) is 11.6. The quantitative estimate of drug-likeness (QED) is 0.771. The molecule has 3 rings (SSSR count). The maximum absolute atomic E-state index is 12.1. The van der Waals surface area contributed by atoms with Gasteiger partial charge in [-0.1, -0.05) is 17.7 Å². The summed E-state index contributed by atoms with van der Waals surface area (Å²) in [4.78, 5) is 26.0. The van der Waals surface area contributed by atoms with Crippen molar-refractivity contribution in [3.8, 4) is 0 Å². The second-order valence-corrected chi connectivity index (χ2v) is 6.86. The highest BCUT2D eigenvalue weighted by Crippen LogP contribution is 2.18. The highest BCUT2D eigenvalue weighted by Gasteiger charge is 2.26. The molecule has 3 N–H and O–H groups in total. The molecular weight excluding hydrogens is 304 g/mol. The van der Waals surface area contributed by atoms with E-state index >= 15 is 0 Å². The third kappa shape index (κ3) is 5.23. The molecule has 130 valence electrons. The van der Waals surface area contributed by atoms with Crippen molar-refractivity contribution < 1.29 is 9.59 Å². The molecule has 6 heteroatoms. The van der Waals surface area contributed by atoms with E-state index < -0.39 is 0 Å². The van der Waals surface area contributed by atoms with Gasteiger partial charge in [0.1, 0.15) is 0 Å². The number of hydrogen-bond acceptors (Lipinski definition) is 3. The molecule has 1 heterocycles. The van der Waals surface area contributed by atoms with Crippen LogP contribution in [0, 0.1) is 6.92 Å². The van der Waals surface area contributed by atoms with Crippen LogP contribution in [0.4, 0.5) is 10.5 Å². The van der Waals surface area contributed by atoms with Crippen LogP contribution in [0.3, 0.4) is 0 Å². The average Bonchev–Trinajstić information content (AvgIpc) is 3.35. The van der Waals surface area contributed by atoms with E-state index in [0.29, 0.717) is 12.6 Å². The number of amides is 3. The second kappa shape index (κ2) is 7.66. The lowest BCUT2D eigenvalue weighted by molar-refractivity contribution is -0.122. The van der Waals surface area contributed by atoms with Crippen LogP contribution in [0.1, 0.15) is 31.2 Å². The summed E-state index contributed by atoms with van der Waals surface area (Å²) in [5.74, 6) is 0.126. The number of urea groups is 1. The molecule has 0 spiro atoms. The van der Waals surface area contributed by atoms with Gasteiger partial charge in [-0.3, -0.25) is 9.69 Å². The van der Waals surface area contributed by atoms with Crippen LogP contribution in [-0.4, -0.2) is 48.6 Å². The minimum atomic E-state index is -0.163. The molecule has 1 aliphatic heterocycles. The largest absolute Gasteiger partial charge is 0.352 e. The van der Waals surface area contributed by atoms with E-state index in [9.17, 15) is 9.59 Å². The van der Waals surface area contributed by atoms with Crippen molar-refractivity contribution in [2.45, 2.75) is 44.7 Å². The number of anilines is 1. The first kappa shape index (κ1) is 16.8. The van der Waals surface area contributed by atoms with Gasteiger partial charge in [0, 0.05) is 30.9 Å². The molecule has 2 fully saturated rings. The summed E-state index contributed by atoms with van der Waals surface area (Å²) in [6, 6.07) is 8.16. The highest BCUT2D eigenvalue weighted by atomic mass is 16.2. The fourth-order valence-corrected chi connectivity index (χ4v) is 2.93. The third-order valence-electron chi connectivity index (χ3n) is 4.54. The minimum absolute atomic E-state index is 0.126. The fourth-order valence-electron chi connectivity index (χ4n) is 2.93. The summed E-state index contributed by atoms with van der Waals surface area (Å²) in [7, 11) is 0. The van der Waals surface area contributed by atoms with E-state index in [1.165, 1.54) is 5.56 Å². The first-order valence-corrected chi connectivity index (χ1v) is 8.74. The Labute approximate surface area is 143 Å². The van der Waals surface area contributed by atoms with E-state index in [0.717, 1.165) is 44.5 Å². The summed E-state index contributed by atoms with van der Waals surface area (Å²) in [5.41, 5.74) is 1.96. The predicted octanol–water partition coefficient (Wildman–Crippen LogP) is 1.86. The maximum atomic E-state index is 12.1. The molecule has 1 aromatic carbocycles. The molecule has 24 heavy (non-hydrogen) atoms. The minimum Gasteiger partial charge on any atom is -0.352 e. The van der Waals surface area contributed by atoms with Crippen molar-refractivity contribution >= 4 is 17.6 Å². The Morgan fingerprint density at radius 2 is 1.62 bits per heavy atom. The molecule has 3 amide bonds. The Bertz CT molecular complexity index is 575. The van der Waals surface area contributed by atoms with Gasteiger partial charge in [-0.05, 0) is 44.7 Å². The smallest absolute Gasteiger partial charge is 0.319 e. The monoisotopic (exact) mass is 330 g/mol. The van der Waals surface area contributed by atoms with E-state index in [1.807, 2.05) is 31.2 Å². The molecule has 0 bridgehead atoms. The zero-order chi connectivity index (χ0) is 16.9. The van der Waals surface area contributed by atoms with Crippen molar-refractivity contribution in [3.05, 3.63) is 29.8 Å². The van der Waals surface area contributed by atoms with Crippen molar-refractivity contribution in [1.29, 1.82) is 0 Å². The van der Waals surface area contributed by atoms with Crippen LogP contribution < -0.4 is 16.0 Å². The Kier molecular flexibility index (Phi) is 5.35. The molecule has 0 radical (unpaired) electrons. The third-order valence-corrected chi connectivity index (χ3v) is 4.54. The van der Waals surface area contributed by atoms with Crippen LogP contribution >= 0.6 is 0 Å². The number of carbonyl (C=O) groups is 2. The fraction of sp³-hybridized carbons (Fsp3) is 0.556. The molecule has 1 aliphatic carbocycles. The zero-order valence-corrected chi connectivity index (χ0v) is 14.2. The van der Waals surface area contributed by atoms with Gasteiger partial charge in [0.25, 0.3) is 0 Å². The van der Waals surface area contributed by atoms with Crippen molar-refractivity contribution in [2.75, 3.05) is 25.0 Å². The summed E-state index contributed by atoms with van der Waals surface area (Å²) in [6.07, 6.45) is 3.98. The van der Waals surface area contributed by atoms with Crippen molar-refractivity contribution in [3.63, 3.8) is 0 Å². The highest BCUT2D eigenvalue weighted by molar-refractivity contribution is 5.89. The van der Waals surface area contributed by atoms with Crippen LogP contribution in [0.2, 0.25) is 0 Å². The SMILES string of the molecule is Cc1ccc(NC(=O)NC2CCN(CC(=O)NC3CC3)CC2)cc1. The molecule has 0 aromatic heterocycles. The van der Waals surface area contributed by atoms with Crippen LogP contribution in [0.15, 0.2) is 24.3 Å². The molecular formula is C18H26N4O2. The standard InChI is InChI=1S/C18H26N4O2/c1-13-2-4-15(5-3-13)20-18(24)21-16-8-10-22(11-9-16)12-17(23)19-14-6-7-14/h2-5,14,16H,6-12H2,1H3,(H,19,23)(H2,20,21,24). The van der Waals surface area contributed by atoms with Crippen LogP contribution in [-0.2, 0) is 4.79 Å². The molecule has 0 unspecified atom stereocenters. The topological polar surface area (TPSA) is 73.5 Å². The Morgan fingerprint density at radius 3 is 2.25 bits per heavy atom.